The molecule has 4 nitrogen and oxygen atoms in total. The highest BCUT2D eigenvalue weighted by atomic mass is 32.2. The van der Waals surface area contributed by atoms with E-state index in [9.17, 15) is 0 Å². The number of nitrogens with zero attached hydrogens (tertiary/aromatic N) is 2. The maximum absolute atomic E-state index is 4.57. The molecule has 2 unspecified atom stereocenters. The van der Waals surface area contributed by atoms with Gasteiger partial charge in [0.1, 0.15) is 0 Å². The van der Waals surface area contributed by atoms with Crippen LogP contribution in [0.1, 0.15) is 43.8 Å². The fraction of sp³-hybridized carbons (Fsp3) is 0.733. The summed E-state index contributed by atoms with van der Waals surface area (Å²) in [6, 6.07) is 0.557. The number of hydrogen-bond donors (Lipinski definition) is 2. The lowest BCUT2D eigenvalue weighted by Gasteiger charge is -2.17. The zero-order valence-electron chi connectivity index (χ0n) is 13.2. The minimum Gasteiger partial charge on any atom is -0.354 e. The third-order valence-corrected chi connectivity index (χ3v) is 5.96. The molecule has 2 atom stereocenters. The fourth-order valence-electron chi connectivity index (χ4n) is 2.61. The molecule has 1 aromatic rings. The summed E-state index contributed by atoms with van der Waals surface area (Å²) < 4.78 is 0. The van der Waals surface area contributed by atoms with Crippen molar-refractivity contribution in [2.45, 2.75) is 57.4 Å². The number of thioether (sulfide) groups is 1. The summed E-state index contributed by atoms with van der Waals surface area (Å²) in [6.45, 7) is 5.13. The lowest BCUT2D eigenvalue weighted by molar-refractivity contribution is 0.614. The molecule has 2 N–H and O–H groups in total. The van der Waals surface area contributed by atoms with Gasteiger partial charge in [-0.2, -0.15) is 11.8 Å². The van der Waals surface area contributed by atoms with E-state index in [2.05, 4.69) is 51.6 Å². The van der Waals surface area contributed by atoms with Gasteiger partial charge >= 0.3 is 0 Å². The van der Waals surface area contributed by atoms with Crippen LogP contribution >= 0.6 is 23.1 Å². The average molecular weight is 327 g/mol. The van der Waals surface area contributed by atoms with Crippen LogP contribution in [0.5, 0.6) is 0 Å². The molecule has 0 aromatic carbocycles. The van der Waals surface area contributed by atoms with Crippen molar-refractivity contribution in [1.29, 1.82) is 0 Å². The highest BCUT2D eigenvalue weighted by molar-refractivity contribution is 7.99. The van der Waals surface area contributed by atoms with E-state index < -0.39 is 0 Å². The van der Waals surface area contributed by atoms with Crippen LogP contribution in [0, 0.1) is 0 Å². The van der Waals surface area contributed by atoms with Crippen LogP contribution in [-0.4, -0.2) is 35.0 Å². The van der Waals surface area contributed by atoms with E-state index in [-0.39, 0.29) is 0 Å². The van der Waals surface area contributed by atoms with Crippen LogP contribution < -0.4 is 10.6 Å². The lowest BCUT2D eigenvalue weighted by Crippen LogP contribution is -2.42. The van der Waals surface area contributed by atoms with Crippen LogP contribution in [0.4, 0.5) is 0 Å². The van der Waals surface area contributed by atoms with E-state index in [1.165, 1.54) is 30.0 Å². The Kier molecular flexibility index (Phi) is 6.83. The van der Waals surface area contributed by atoms with Crippen molar-refractivity contribution in [2.75, 3.05) is 12.8 Å². The van der Waals surface area contributed by atoms with Gasteiger partial charge in [-0.3, -0.25) is 4.99 Å². The van der Waals surface area contributed by atoms with E-state index >= 15 is 0 Å². The standard InChI is InChI=1S/C15H26N4S2/c1-4-14-18-12(10-21-14)9-17-15(16-3)19-11-6-7-13(8-11)20-5-2/h10-11,13H,4-9H2,1-3H3,(H2,16,17,19). The summed E-state index contributed by atoms with van der Waals surface area (Å²) in [5, 5.41) is 11.1. The molecule has 0 radical (unpaired) electrons. The highest BCUT2D eigenvalue weighted by Crippen LogP contribution is 2.29. The maximum atomic E-state index is 4.57. The third-order valence-electron chi connectivity index (χ3n) is 3.69. The van der Waals surface area contributed by atoms with Crippen molar-refractivity contribution in [1.82, 2.24) is 15.6 Å². The van der Waals surface area contributed by atoms with E-state index in [4.69, 9.17) is 0 Å². The van der Waals surface area contributed by atoms with Gasteiger partial charge in [-0.1, -0.05) is 13.8 Å². The summed E-state index contributed by atoms with van der Waals surface area (Å²) in [5.74, 6) is 2.11. The Morgan fingerprint density at radius 1 is 1.48 bits per heavy atom. The molecule has 0 amide bonds. The number of hydrogen-bond acceptors (Lipinski definition) is 4. The molecule has 1 aliphatic rings. The molecule has 1 aliphatic carbocycles. The van der Waals surface area contributed by atoms with Crippen LogP contribution in [0.25, 0.3) is 0 Å². The Bertz CT molecular complexity index is 458. The van der Waals surface area contributed by atoms with Crippen LogP contribution in [0.2, 0.25) is 0 Å². The van der Waals surface area contributed by atoms with Crippen molar-refractivity contribution < 1.29 is 0 Å². The number of rotatable bonds is 6. The molecule has 0 aliphatic heterocycles. The predicted molar refractivity (Wildman–Crippen MR) is 94.4 cm³/mol. The Labute approximate surface area is 136 Å². The molecule has 1 heterocycles. The van der Waals surface area contributed by atoms with Crippen LogP contribution in [-0.2, 0) is 13.0 Å². The summed E-state index contributed by atoms with van der Waals surface area (Å²) in [6.07, 6.45) is 4.82. The summed E-state index contributed by atoms with van der Waals surface area (Å²) in [4.78, 5) is 8.90. The van der Waals surface area contributed by atoms with Gasteiger partial charge < -0.3 is 10.6 Å². The fourth-order valence-corrected chi connectivity index (χ4v) is 4.50. The van der Waals surface area contributed by atoms with Gasteiger partial charge in [0.05, 0.1) is 17.2 Å². The van der Waals surface area contributed by atoms with Crippen LogP contribution in [0.15, 0.2) is 10.4 Å². The van der Waals surface area contributed by atoms with Crippen molar-refractivity contribution in [3.8, 4) is 0 Å². The van der Waals surface area contributed by atoms with Crippen molar-refractivity contribution in [3.63, 3.8) is 0 Å². The molecule has 1 saturated carbocycles. The summed E-state index contributed by atoms with van der Waals surface area (Å²) in [5.41, 5.74) is 1.10. The first-order valence-corrected chi connectivity index (χ1v) is 9.70. The molecule has 1 aromatic heterocycles. The maximum Gasteiger partial charge on any atom is 0.191 e. The molecule has 1 fully saturated rings. The second-order valence-corrected chi connectivity index (χ2v) is 7.76. The molecule has 0 saturated heterocycles. The molecule has 6 heteroatoms. The highest BCUT2D eigenvalue weighted by Gasteiger charge is 2.25. The van der Waals surface area contributed by atoms with E-state index in [1.54, 1.807) is 11.3 Å². The number of aromatic nitrogens is 1. The number of nitrogens with one attached hydrogen (secondary N) is 2. The van der Waals surface area contributed by atoms with E-state index in [0.29, 0.717) is 6.04 Å². The SMILES string of the molecule is CCSC1CCC(NC(=NC)NCc2csc(CC)n2)C1. The molecule has 21 heavy (non-hydrogen) atoms. The quantitative estimate of drug-likeness (QED) is 0.623. The second-order valence-electron chi connectivity index (χ2n) is 5.24. The molecular weight excluding hydrogens is 300 g/mol. The number of aliphatic imine (C=N–C) groups is 1. The lowest BCUT2D eigenvalue weighted by atomic mass is 10.2. The van der Waals surface area contributed by atoms with E-state index in [0.717, 1.165) is 29.9 Å². The van der Waals surface area contributed by atoms with Gasteiger partial charge in [0.2, 0.25) is 0 Å². The first-order chi connectivity index (χ1) is 10.2. The van der Waals surface area contributed by atoms with Gasteiger partial charge in [-0.05, 0) is 31.4 Å². The normalized spacial score (nSPS) is 22.5. The summed E-state index contributed by atoms with van der Waals surface area (Å²) in [7, 11) is 1.83. The second kappa shape index (κ2) is 8.63. The van der Waals surface area contributed by atoms with Gasteiger partial charge in [0.25, 0.3) is 0 Å². The Balaban J connectivity index is 1.76. The minimum atomic E-state index is 0.557. The number of aryl methyl sites for hydroxylation is 1. The van der Waals surface area contributed by atoms with E-state index in [1.807, 2.05) is 7.05 Å². The molecule has 0 spiro atoms. The molecule has 0 bridgehead atoms. The van der Waals surface area contributed by atoms with Gasteiger partial charge in [-0.25, -0.2) is 4.98 Å². The van der Waals surface area contributed by atoms with Gasteiger partial charge in [0.15, 0.2) is 5.96 Å². The average Bonchev–Trinajstić information content (AvgIpc) is 3.13. The summed E-state index contributed by atoms with van der Waals surface area (Å²) >= 11 is 3.82. The monoisotopic (exact) mass is 326 g/mol. The zero-order valence-corrected chi connectivity index (χ0v) is 14.8. The topological polar surface area (TPSA) is 49.3 Å². The van der Waals surface area contributed by atoms with Crippen LogP contribution in [0.3, 0.4) is 0 Å². The smallest absolute Gasteiger partial charge is 0.191 e. The Morgan fingerprint density at radius 2 is 2.33 bits per heavy atom. The van der Waals surface area contributed by atoms with Gasteiger partial charge in [0, 0.05) is 23.7 Å². The first-order valence-electron chi connectivity index (χ1n) is 7.77. The molecular formula is C15H26N4S2. The van der Waals surface area contributed by atoms with Crippen molar-refractivity contribution in [2.24, 2.45) is 4.99 Å². The number of guanidine groups is 1. The minimum absolute atomic E-state index is 0.557. The van der Waals surface area contributed by atoms with Crippen molar-refractivity contribution >= 4 is 29.1 Å². The Morgan fingerprint density at radius 3 is 3.00 bits per heavy atom. The van der Waals surface area contributed by atoms with Gasteiger partial charge in [-0.15, -0.1) is 11.3 Å². The number of thiazole rings is 1. The predicted octanol–water partition coefficient (Wildman–Crippen LogP) is 3.04. The first kappa shape index (κ1) is 16.6. The third kappa shape index (κ3) is 5.18. The zero-order chi connectivity index (χ0) is 15.1. The molecule has 2 rings (SSSR count). The molecule has 118 valence electrons. The largest absolute Gasteiger partial charge is 0.354 e. The van der Waals surface area contributed by atoms with Crippen molar-refractivity contribution in [3.05, 3.63) is 16.1 Å². The Hall–Kier alpha value is -0.750.